The molecule has 200 valence electrons. The van der Waals surface area contributed by atoms with Crippen LogP contribution in [0.25, 0.3) is 0 Å². The van der Waals surface area contributed by atoms with Crippen molar-refractivity contribution in [3.63, 3.8) is 0 Å². The van der Waals surface area contributed by atoms with Gasteiger partial charge in [0.05, 0.1) is 17.7 Å². The molecule has 0 aliphatic carbocycles. The molecule has 0 saturated heterocycles. The number of nitrogens with zero attached hydrogens (tertiary/aromatic N) is 2. The molecule has 1 atom stereocenters. The number of carbonyl (C=O) groups is 1. The minimum atomic E-state index is -5.01. The lowest BCUT2D eigenvalue weighted by Gasteiger charge is -2.32. The summed E-state index contributed by atoms with van der Waals surface area (Å²) in [6.07, 6.45) is -8.17. The number of anilines is 1. The molecule has 2 aromatic carbocycles. The van der Waals surface area contributed by atoms with Crippen molar-refractivity contribution in [1.29, 1.82) is 0 Å². The summed E-state index contributed by atoms with van der Waals surface area (Å²) < 4.78 is 81.6. The summed E-state index contributed by atoms with van der Waals surface area (Å²) in [5, 5.41) is 2.27. The summed E-state index contributed by atoms with van der Waals surface area (Å²) in [5.41, 5.74) is -0.650. The van der Waals surface area contributed by atoms with Crippen molar-refractivity contribution in [2.75, 3.05) is 5.32 Å². The number of nitrogens with one attached hydrogen (secondary N) is 1. The lowest BCUT2D eigenvalue weighted by atomic mass is 10.0. The second-order valence-corrected chi connectivity index (χ2v) is 9.45. The monoisotopic (exact) mass is 525 g/mol. The Morgan fingerprint density at radius 2 is 1.54 bits per heavy atom. The minimum absolute atomic E-state index is 0.0295. The standard InChI is InChI=1S/C27H29F6N3O/c1-17(2)19(4)36(16-24-9-6-10-35(24)15-20-8-5-7-18(3)11-20)25(37)34-23-13-21(26(28,29)30)12-22(14-23)27(31,32)33/h5-14,17,19H,15-16H2,1-4H3,(H,34,37). The summed E-state index contributed by atoms with van der Waals surface area (Å²) in [5.74, 6) is -0.0295. The van der Waals surface area contributed by atoms with Gasteiger partial charge in [-0.2, -0.15) is 26.3 Å². The number of halogens is 6. The third-order valence-electron chi connectivity index (χ3n) is 6.25. The van der Waals surface area contributed by atoms with Crippen molar-refractivity contribution in [2.24, 2.45) is 5.92 Å². The average Bonchev–Trinajstić information content (AvgIpc) is 3.22. The van der Waals surface area contributed by atoms with Crippen LogP contribution in [0.4, 0.5) is 36.8 Å². The van der Waals surface area contributed by atoms with E-state index in [1.807, 2.05) is 67.9 Å². The van der Waals surface area contributed by atoms with Crippen LogP contribution in [-0.4, -0.2) is 21.5 Å². The third-order valence-corrected chi connectivity index (χ3v) is 6.25. The van der Waals surface area contributed by atoms with E-state index >= 15 is 0 Å². The van der Waals surface area contributed by atoms with Gasteiger partial charge in [0.1, 0.15) is 0 Å². The van der Waals surface area contributed by atoms with E-state index in [9.17, 15) is 31.1 Å². The predicted octanol–water partition coefficient (Wildman–Crippen LogP) is 7.96. The molecule has 1 unspecified atom stereocenters. The van der Waals surface area contributed by atoms with Crippen LogP contribution >= 0.6 is 0 Å². The molecule has 0 fully saturated rings. The average molecular weight is 526 g/mol. The Morgan fingerprint density at radius 1 is 0.919 bits per heavy atom. The molecule has 3 rings (SSSR count). The number of hydrogen-bond acceptors (Lipinski definition) is 1. The van der Waals surface area contributed by atoms with Crippen LogP contribution in [0.3, 0.4) is 0 Å². The lowest BCUT2D eigenvalue weighted by molar-refractivity contribution is -0.143. The summed E-state index contributed by atoms with van der Waals surface area (Å²) >= 11 is 0. The molecule has 0 saturated carbocycles. The van der Waals surface area contributed by atoms with Crippen LogP contribution in [0.1, 0.15) is 48.7 Å². The Labute approximate surface area is 211 Å². The van der Waals surface area contributed by atoms with E-state index in [0.29, 0.717) is 18.7 Å². The van der Waals surface area contributed by atoms with Crippen molar-refractivity contribution in [1.82, 2.24) is 9.47 Å². The minimum Gasteiger partial charge on any atom is -0.345 e. The first kappa shape index (κ1) is 28.1. The third kappa shape index (κ3) is 7.30. The number of rotatable bonds is 7. The summed E-state index contributed by atoms with van der Waals surface area (Å²) in [6.45, 7) is 8.17. The number of carbonyl (C=O) groups excluding carboxylic acids is 1. The second kappa shape index (κ2) is 10.9. The first-order valence-corrected chi connectivity index (χ1v) is 11.7. The Kier molecular flexibility index (Phi) is 8.29. The molecule has 1 aromatic heterocycles. The maximum absolute atomic E-state index is 13.3. The fourth-order valence-corrected chi connectivity index (χ4v) is 3.91. The number of aryl methyl sites for hydroxylation is 1. The highest BCUT2D eigenvalue weighted by molar-refractivity contribution is 5.89. The van der Waals surface area contributed by atoms with Gasteiger partial charge in [0.2, 0.25) is 0 Å². The number of alkyl halides is 6. The van der Waals surface area contributed by atoms with E-state index in [4.69, 9.17) is 0 Å². The maximum Gasteiger partial charge on any atom is 0.416 e. The van der Waals surface area contributed by atoms with Crippen LogP contribution in [0.5, 0.6) is 0 Å². The smallest absolute Gasteiger partial charge is 0.345 e. The summed E-state index contributed by atoms with van der Waals surface area (Å²) in [6, 6.07) is 11.5. The molecular weight excluding hydrogens is 496 g/mol. The fraction of sp³-hybridized carbons (Fsp3) is 0.370. The topological polar surface area (TPSA) is 37.3 Å². The van der Waals surface area contributed by atoms with Crippen LogP contribution in [0.2, 0.25) is 0 Å². The molecule has 37 heavy (non-hydrogen) atoms. The van der Waals surface area contributed by atoms with E-state index in [0.717, 1.165) is 16.8 Å². The molecular formula is C27H29F6N3O. The lowest BCUT2D eigenvalue weighted by Crippen LogP contribution is -2.43. The van der Waals surface area contributed by atoms with E-state index in [2.05, 4.69) is 5.32 Å². The number of aromatic nitrogens is 1. The van der Waals surface area contributed by atoms with Crippen molar-refractivity contribution in [2.45, 2.75) is 59.2 Å². The SMILES string of the molecule is Cc1cccc(Cn2cccc2CN(C(=O)Nc2cc(C(F)(F)F)cc(C(F)(F)F)c2)C(C)C(C)C)c1. The normalized spacial score (nSPS) is 13.1. The van der Waals surface area contributed by atoms with E-state index in [1.54, 1.807) is 6.92 Å². The Hall–Kier alpha value is -3.43. The number of benzene rings is 2. The van der Waals surface area contributed by atoms with Gasteiger partial charge >= 0.3 is 18.4 Å². The predicted molar refractivity (Wildman–Crippen MR) is 130 cm³/mol. The molecule has 3 aromatic rings. The van der Waals surface area contributed by atoms with Crippen molar-refractivity contribution in [3.8, 4) is 0 Å². The highest BCUT2D eigenvalue weighted by atomic mass is 19.4. The first-order valence-electron chi connectivity index (χ1n) is 11.7. The van der Waals surface area contributed by atoms with E-state index < -0.39 is 35.2 Å². The highest BCUT2D eigenvalue weighted by Crippen LogP contribution is 2.37. The van der Waals surface area contributed by atoms with Gasteiger partial charge in [-0.15, -0.1) is 0 Å². The maximum atomic E-state index is 13.3. The molecule has 0 bridgehead atoms. The van der Waals surface area contributed by atoms with Crippen molar-refractivity contribution in [3.05, 3.63) is 88.7 Å². The molecule has 0 aliphatic rings. The van der Waals surface area contributed by atoms with Crippen LogP contribution in [0.15, 0.2) is 60.8 Å². The number of hydrogen-bond donors (Lipinski definition) is 1. The fourth-order valence-electron chi connectivity index (χ4n) is 3.91. The zero-order chi connectivity index (χ0) is 27.5. The molecule has 0 spiro atoms. The zero-order valence-electron chi connectivity index (χ0n) is 20.9. The van der Waals surface area contributed by atoms with Gasteiger partial charge in [0, 0.05) is 30.2 Å². The Bertz CT molecular complexity index is 1200. The summed E-state index contributed by atoms with van der Waals surface area (Å²) in [4.78, 5) is 14.7. The second-order valence-electron chi connectivity index (χ2n) is 9.45. The molecule has 10 heteroatoms. The Balaban J connectivity index is 1.90. The van der Waals surface area contributed by atoms with Gasteiger partial charge in [-0.05, 0) is 55.7 Å². The zero-order valence-corrected chi connectivity index (χ0v) is 20.9. The molecule has 4 nitrogen and oxygen atoms in total. The van der Waals surface area contributed by atoms with Crippen LogP contribution in [-0.2, 0) is 25.4 Å². The van der Waals surface area contributed by atoms with Gasteiger partial charge in [-0.3, -0.25) is 0 Å². The molecule has 0 aliphatic heterocycles. The van der Waals surface area contributed by atoms with E-state index in [1.165, 1.54) is 4.90 Å². The summed E-state index contributed by atoms with van der Waals surface area (Å²) in [7, 11) is 0. The van der Waals surface area contributed by atoms with E-state index in [-0.39, 0.29) is 24.6 Å². The van der Waals surface area contributed by atoms with Gasteiger partial charge < -0.3 is 14.8 Å². The van der Waals surface area contributed by atoms with Gasteiger partial charge in [-0.1, -0.05) is 43.7 Å². The van der Waals surface area contributed by atoms with Crippen LogP contribution in [0, 0.1) is 12.8 Å². The van der Waals surface area contributed by atoms with Gasteiger partial charge in [0.15, 0.2) is 0 Å². The Morgan fingerprint density at radius 3 is 2.08 bits per heavy atom. The number of amides is 2. The molecule has 1 heterocycles. The molecule has 2 amide bonds. The first-order chi connectivity index (χ1) is 17.1. The van der Waals surface area contributed by atoms with Crippen molar-refractivity contribution >= 4 is 11.7 Å². The van der Waals surface area contributed by atoms with Crippen molar-refractivity contribution < 1.29 is 31.1 Å². The molecule has 0 radical (unpaired) electrons. The van der Waals surface area contributed by atoms with Gasteiger partial charge in [0.25, 0.3) is 0 Å². The quantitative estimate of drug-likeness (QED) is 0.312. The number of urea groups is 1. The highest BCUT2D eigenvalue weighted by Gasteiger charge is 2.37. The largest absolute Gasteiger partial charge is 0.416 e. The van der Waals surface area contributed by atoms with Crippen LogP contribution < -0.4 is 5.32 Å². The molecule has 1 N–H and O–H groups in total. The van der Waals surface area contributed by atoms with Gasteiger partial charge in [-0.25, -0.2) is 4.79 Å².